The predicted octanol–water partition coefficient (Wildman–Crippen LogP) is 2.36. The summed E-state index contributed by atoms with van der Waals surface area (Å²) in [5.41, 5.74) is -0.430. The van der Waals surface area contributed by atoms with Gasteiger partial charge in [-0.05, 0) is 6.92 Å². The lowest BCUT2D eigenvalue weighted by molar-refractivity contribution is 0.134. The second-order valence-electron chi connectivity index (χ2n) is 5.13. The van der Waals surface area contributed by atoms with Gasteiger partial charge in [-0.25, -0.2) is 23.6 Å². The van der Waals surface area contributed by atoms with E-state index in [2.05, 4.69) is 15.2 Å². The number of ether oxygens (including phenoxy) is 1. The second-order valence-corrected chi connectivity index (χ2v) is 6.20. The van der Waals surface area contributed by atoms with Crippen molar-refractivity contribution < 1.29 is 19.2 Å². The molecule has 1 aromatic rings. The van der Waals surface area contributed by atoms with Gasteiger partial charge >= 0.3 is 11.4 Å². The van der Waals surface area contributed by atoms with E-state index in [9.17, 15) is 9.59 Å². The van der Waals surface area contributed by atoms with Crippen molar-refractivity contribution in [2.24, 2.45) is 10.6 Å². The van der Waals surface area contributed by atoms with E-state index in [1.165, 1.54) is 24.4 Å². The zero-order chi connectivity index (χ0) is 16.8. The van der Waals surface area contributed by atoms with Gasteiger partial charge in [0.15, 0.2) is 5.84 Å². The highest BCUT2D eigenvalue weighted by atomic mass is 32.2. The zero-order valence-corrected chi connectivity index (χ0v) is 14.0. The van der Waals surface area contributed by atoms with Crippen LogP contribution < -0.4 is 0 Å². The second kappa shape index (κ2) is 7.78. The quantitative estimate of drug-likeness (QED) is 0.205. The molecule has 1 aromatic heterocycles. The average Bonchev–Trinajstić information content (AvgIpc) is 2.91. The zero-order valence-electron chi connectivity index (χ0n) is 13.1. The van der Waals surface area contributed by atoms with Crippen molar-refractivity contribution in [1.82, 2.24) is 19.1 Å². The lowest BCUT2D eigenvalue weighted by atomic mass is 9.95. The van der Waals surface area contributed by atoms with E-state index >= 15 is 0 Å². The normalized spacial score (nSPS) is 12.0. The Morgan fingerprint density at radius 3 is 2.59 bits per heavy atom. The van der Waals surface area contributed by atoms with Crippen LogP contribution in [-0.2, 0) is 9.57 Å². The first-order valence-electron chi connectivity index (χ1n) is 6.48. The van der Waals surface area contributed by atoms with Crippen molar-refractivity contribution in [3.8, 4) is 0 Å². The smallest absolute Gasteiger partial charge is 0.446 e. The highest BCUT2D eigenvalue weighted by Gasteiger charge is 2.24. The summed E-state index contributed by atoms with van der Waals surface area (Å²) in [6.07, 6.45) is 2.00. The van der Waals surface area contributed by atoms with Gasteiger partial charge in [0, 0.05) is 12.5 Å². The van der Waals surface area contributed by atoms with Gasteiger partial charge in [-0.3, -0.25) is 4.84 Å². The van der Waals surface area contributed by atoms with Gasteiger partial charge < -0.3 is 4.74 Å². The Balaban J connectivity index is 2.74. The summed E-state index contributed by atoms with van der Waals surface area (Å²) in [4.78, 5) is 31.8. The van der Waals surface area contributed by atoms with Crippen molar-refractivity contribution in [3.63, 3.8) is 0 Å². The minimum Gasteiger partial charge on any atom is -0.457 e. The molecule has 10 heteroatoms. The largest absolute Gasteiger partial charge is 0.457 e. The topological polar surface area (TPSA) is 98.9 Å². The first-order valence-corrected chi connectivity index (χ1v) is 7.26. The molecule has 0 aliphatic carbocycles. The van der Waals surface area contributed by atoms with Crippen LogP contribution in [0.1, 0.15) is 27.7 Å². The third-order valence-corrected chi connectivity index (χ3v) is 2.94. The molecular formula is C12H19N5O4S. The molecule has 0 fully saturated rings. The van der Waals surface area contributed by atoms with E-state index in [0.29, 0.717) is 17.8 Å². The molecule has 1 amide bonds. The molecule has 0 unspecified atom stereocenters. The average molecular weight is 329 g/mol. The first kappa shape index (κ1) is 18.0. The van der Waals surface area contributed by atoms with E-state index in [0.717, 1.165) is 4.31 Å². The minimum absolute atomic E-state index is 0.230. The van der Waals surface area contributed by atoms with Crippen LogP contribution in [0.25, 0.3) is 0 Å². The number of hydrogen-bond donors (Lipinski definition) is 0. The van der Waals surface area contributed by atoms with Crippen LogP contribution in [0.4, 0.5) is 9.59 Å². The monoisotopic (exact) mass is 329 g/mol. The number of amides is 1. The van der Waals surface area contributed by atoms with Crippen LogP contribution in [0.15, 0.2) is 17.8 Å². The fourth-order valence-electron chi connectivity index (χ4n) is 1.27. The Kier molecular flexibility index (Phi) is 6.35. The molecule has 0 aliphatic heterocycles. The van der Waals surface area contributed by atoms with Gasteiger partial charge in [-0.1, -0.05) is 25.9 Å². The Morgan fingerprint density at radius 1 is 1.41 bits per heavy atom. The lowest BCUT2D eigenvalue weighted by Crippen LogP contribution is -2.30. The molecular weight excluding hydrogens is 310 g/mol. The fourth-order valence-corrected chi connectivity index (χ4v) is 1.78. The third kappa shape index (κ3) is 5.35. The Morgan fingerprint density at radius 2 is 2.09 bits per heavy atom. The van der Waals surface area contributed by atoms with Gasteiger partial charge in [-0.15, -0.1) is 0 Å². The minimum atomic E-state index is -0.806. The summed E-state index contributed by atoms with van der Waals surface area (Å²) in [6.45, 7) is 7.57. The summed E-state index contributed by atoms with van der Waals surface area (Å²) in [5.74, 6) is 0.396. The molecule has 0 spiro atoms. The van der Waals surface area contributed by atoms with E-state index in [1.807, 2.05) is 20.8 Å². The van der Waals surface area contributed by atoms with Crippen LogP contribution in [0, 0.1) is 5.41 Å². The molecule has 0 bridgehead atoms. The maximum absolute atomic E-state index is 11.8. The fraction of sp³-hybridized carbons (Fsp3) is 0.583. The van der Waals surface area contributed by atoms with Crippen molar-refractivity contribution in [2.75, 3.05) is 13.7 Å². The molecule has 0 saturated carbocycles. The van der Waals surface area contributed by atoms with Crippen molar-refractivity contribution in [1.29, 1.82) is 0 Å². The third-order valence-electron chi connectivity index (χ3n) is 2.25. The molecule has 22 heavy (non-hydrogen) atoms. The number of rotatable bonds is 2. The van der Waals surface area contributed by atoms with E-state index in [1.54, 1.807) is 6.92 Å². The number of oxime groups is 1. The van der Waals surface area contributed by atoms with Gasteiger partial charge in [0.25, 0.3) is 0 Å². The first-order chi connectivity index (χ1) is 10.3. The molecule has 0 atom stereocenters. The summed E-state index contributed by atoms with van der Waals surface area (Å²) in [5, 5.41) is 7.20. The van der Waals surface area contributed by atoms with Gasteiger partial charge in [0.2, 0.25) is 0 Å². The highest BCUT2D eigenvalue weighted by molar-refractivity contribution is 8.11. The highest BCUT2D eigenvalue weighted by Crippen LogP contribution is 2.18. The molecule has 0 saturated heterocycles. The standard InChI is InChI=1S/C12H19N5O4S/c1-6-20-11(19)22-16(5)10(18)21-15-9(12(2,3)4)17-8-13-7-14-17/h7-8H,6H2,1-5H3. The van der Waals surface area contributed by atoms with Crippen LogP contribution in [0.2, 0.25) is 0 Å². The number of carbonyl (C=O) groups excluding carboxylic acids is 2. The van der Waals surface area contributed by atoms with Gasteiger partial charge in [-0.2, -0.15) is 5.10 Å². The summed E-state index contributed by atoms with van der Waals surface area (Å²) in [6, 6.07) is 0. The van der Waals surface area contributed by atoms with Crippen molar-refractivity contribution in [3.05, 3.63) is 12.7 Å². The van der Waals surface area contributed by atoms with E-state index in [4.69, 9.17) is 9.57 Å². The van der Waals surface area contributed by atoms with E-state index < -0.39 is 16.8 Å². The molecule has 0 N–H and O–H groups in total. The molecule has 0 aromatic carbocycles. The molecule has 1 rings (SSSR count). The molecule has 0 radical (unpaired) electrons. The predicted molar refractivity (Wildman–Crippen MR) is 81.2 cm³/mol. The van der Waals surface area contributed by atoms with Crippen LogP contribution >= 0.6 is 11.9 Å². The molecule has 0 aliphatic rings. The summed E-state index contributed by atoms with van der Waals surface area (Å²) >= 11 is 0.583. The number of aromatic nitrogens is 3. The van der Waals surface area contributed by atoms with Crippen LogP contribution in [0.5, 0.6) is 0 Å². The maximum atomic E-state index is 11.8. The summed E-state index contributed by atoms with van der Waals surface area (Å²) in [7, 11) is 1.38. The molecule has 9 nitrogen and oxygen atoms in total. The van der Waals surface area contributed by atoms with Gasteiger partial charge in [0.1, 0.15) is 12.7 Å². The Hall–Kier alpha value is -2.10. The number of hydrogen-bond acceptors (Lipinski definition) is 8. The maximum Gasteiger partial charge on any atom is 0.446 e. The SMILES string of the molecule is CCOC(=O)SN(C)C(=O)ON=C(n1cncn1)C(C)(C)C. The Labute approximate surface area is 132 Å². The molecule has 122 valence electrons. The Bertz CT molecular complexity index is 538. The van der Waals surface area contributed by atoms with Crippen molar-refractivity contribution >= 4 is 29.2 Å². The number of carbonyl (C=O) groups is 2. The van der Waals surface area contributed by atoms with Crippen molar-refractivity contribution in [2.45, 2.75) is 27.7 Å². The molecule has 1 heterocycles. The van der Waals surface area contributed by atoms with Crippen LogP contribution in [0.3, 0.4) is 0 Å². The van der Waals surface area contributed by atoms with E-state index in [-0.39, 0.29) is 6.61 Å². The van der Waals surface area contributed by atoms with Crippen LogP contribution in [-0.4, -0.2) is 50.0 Å². The number of nitrogens with zero attached hydrogens (tertiary/aromatic N) is 5. The van der Waals surface area contributed by atoms with Gasteiger partial charge in [0.05, 0.1) is 18.6 Å². The summed E-state index contributed by atoms with van der Waals surface area (Å²) < 4.78 is 7.12. The lowest BCUT2D eigenvalue weighted by Gasteiger charge is -2.20.